The van der Waals surface area contributed by atoms with Crippen LogP contribution in [-0.2, 0) is 4.79 Å². The van der Waals surface area contributed by atoms with Gasteiger partial charge < -0.3 is 10.2 Å². The molecule has 0 fully saturated rings. The zero-order valence-corrected chi connectivity index (χ0v) is 10.4. The van der Waals surface area contributed by atoms with Gasteiger partial charge in [0.15, 0.2) is 0 Å². The summed E-state index contributed by atoms with van der Waals surface area (Å²) in [5.41, 5.74) is 1.81. The van der Waals surface area contributed by atoms with E-state index in [4.69, 9.17) is 11.6 Å². The molecule has 1 unspecified atom stereocenters. The van der Waals surface area contributed by atoms with E-state index in [-0.39, 0.29) is 17.9 Å². The van der Waals surface area contributed by atoms with Crippen molar-refractivity contribution in [1.29, 1.82) is 0 Å². The maximum absolute atomic E-state index is 12.0. The van der Waals surface area contributed by atoms with Crippen molar-refractivity contribution in [3.05, 3.63) is 23.2 Å². The zero-order chi connectivity index (χ0) is 11.9. The van der Waals surface area contributed by atoms with Crippen molar-refractivity contribution >= 4 is 28.9 Å². The van der Waals surface area contributed by atoms with E-state index in [1.54, 1.807) is 18.0 Å². The molecule has 3 nitrogen and oxygen atoms in total. The van der Waals surface area contributed by atoms with E-state index >= 15 is 0 Å². The summed E-state index contributed by atoms with van der Waals surface area (Å²) in [6, 6.07) is 5.34. The van der Waals surface area contributed by atoms with Crippen molar-refractivity contribution in [3.63, 3.8) is 0 Å². The second kappa shape index (κ2) is 3.98. The lowest BCUT2D eigenvalue weighted by atomic mass is 9.99. The van der Waals surface area contributed by atoms with Gasteiger partial charge in [-0.25, -0.2) is 0 Å². The first kappa shape index (κ1) is 11.3. The van der Waals surface area contributed by atoms with Crippen molar-refractivity contribution < 1.29 is 4.79 Å². The van der Waals surface area contributed by atoms with Gasteiger partial charge in [-0.2, -0.15) is 0 Å². The van der Waals surface area contributed by atoms with Crippen molar-refractivity contribution in [2.45, 2.75) is 19.9 Å². The van der Waals surface area contributed by atoms with E-state index in [0.29, 0.717) is 5.02 Å². The molecule has 86 valence electrons. The Balaban J connectivity index is 2.44. The van der Waals surface area contributed by atoms with E-state index < -0.39 is 0 Å². The predicted molar refractivity (Wildman–Crippen MR) is 67.1 cm³/mol. The molecule has 0 aromatic heterocycles. The number of anilines is 2. The molecule has 1 amide bonds. The first-order valence-corrected chi connectivity index (χ1v) is 5.72. The molecule has 16 heavy (non-hydrogen) atoms. The van der Waals surface area contributed by atoms with E-state index in [9.17, 15) is 4.79 Å². The highest BCUT2D eigenvalue weighted by Crippen LogP contribution is 2.34. The fourth-order valence-electron chi connectivity index (χ4n) is 1.92. The molecule has 0 saturated carbocycles. The Labute approximate surface area is 100 Å². The minimum atomic E-state index is -0.170. The molecule has 0 saturated heterocycles. The van der Waals surface area contributed by atoms with Gasteiger partial charge in [0.2, 0.25) is 5.91 Å². The van der Waals surface area contributed by atoms with Crippen LogP contribution in [0.5, 0.6) is 0 Å². The number of carbonyl (C=O) groups excluding carboxylic acids is 1. The van der Waals surface area contributed by atoms with Crippen LogP contribution in [0.3, 0.4) is 0 Å². The lowest BCUT2D eigenvalue weighted by molar-refractivity contribution is -0.120. The summed E-state index contributed by atoms with van der Waals surface area (Å²) in [6.45, 7) is 4.05. The largest absolute Gasteiger partial charge is 0.372 e. The molecule has 1 aromatic rings. The van der Waals surface area contributed by atoms with Crippen LogP contribution in [0.25, 0.3) is 0 Å². The Morgan fingerprint density at radius 2 is 2.12 bits per heavy atom. The molecule has 4 heteroatoms. The molecule has 0 radical (unpaired) electrons. The fourth-order valence-corrected chi connectivity index (χ4v) is 2.10. The van der Waals surface area contributed by atoms with Gasteiger partial charge in [-0.05, 0) is 24.1 Å². The second-order valence-corrected chi connectivity index (χ2v) is 4.86. The third kappa shape index (κ3) is 1.76. The molecule has 0 bridgehead atoms. The Bertz CT molecular complexity index is 431. The topological polar surface area (TPSA) is 32.3 Å². The predicted octanol–water partition coefficient (Wildman–Crippen LogP) is 2.75. The van der Waals surface area contributed by atoms with Crippen LogP contribution in [0.15, 0.2) is 18.2 Å². The third-order valence-electron chi connectivity index (χ3n) is 2.89. The normalized spacial score (nSPS) is 19.7. The van der Waals surface area contributed by atoms with Crippen LogP contribution in [0, 0.1) is 5.92 Å². The molecule has 1 aliphatic rings. The molecule has 2 rings (SSSR count). The summed E-state index contributed by atoms with van der Waals surface area (Å²) < 4.78 is 0. The molecule has 1 atom stereocenters. The Hall–Kier alpha value is -1.22. The van der Waals surface area contributed by atoms with Crippen molar-refractivity contribution in [2.24, 2.45) is 5.92 Å². The molecule has 0 spiro atoms. The molecule has 1 N–H and O–H groups in total. The standard InChI is InChI=1S/C12H15ClN2O/c1-7(2)11-12(16)15(3)10-5-4-8(13)6-9(10)14-11/h4-7,11,14H,1-3H3. The second-order valence-electron chi connectivity index (χ2n) is 4.42. The van der Waals surface area contributed by atoms with Crippen LogP contribution in [0.4, 0.5) is 11.4 Å². The van der Waals surface area contributed by atoms with Crippen LogP contribution in [0.2, 0.25) is 5.02 Å². The van der Waals surface area contributed by atoms with Crippen LogP contribution in [-0.4, -0.2) is 19.0 Å². The number of likely N-dealkylation sites (N-methyl/N-ethyl adjacent to an activating group) is 1. The highest BCUT2D eigenvalue weighted by atomic mass is 35.5. The number of amides is 1. The maximum atomic E-state index is 12.0. The van der Waals surface area contributed by atoms with Gasteiger partial charge in [0.1, 0.15) is 6.04 Å². The number of rotatable bonds is 1. The minimum absolute atomic E-state index is 0.102. The molecule has 0 aliphatic carbocycles. The summed E-state index contributed by atoms with van der Waals surface area (Å²) in [7, 11) is 1.80. The lowest BCUT2D eigenvalue weighted by Gasteiger charge is -2.34. The molecular formula is C12H15ClN2O. The number of halogens is 1. The molecule has 1 heterocycles. The average molecular weight is 239 g/mol. The Morgan fingerprint density at radius 1 is 1.44 bits per heavy atom. The molecule has 1 aliphatic heterocycles. The van der Waals surface area contributed by atoms with E-state index in [0.717, 1.165) is 11.4 Å². The summed E-state index contributed by atoms with van der Waals surface area (Å²) in [6.07, 6.45) is 0. The first-order chi connectivity index (χ1) is 7.50. The average Bonchev–Trinajstić information content (AvgIpc) is 2.22. The fraction of sp³-hybridized carbons (Fsp3) is 0.417. The number of nitrogens with zero attached hydrogens (tertiary/aromatic N) is 1. The zero-order valence-electron chi connectivity index (χ0n) is 9.62. The number of hydrogen-bond donors (Lipinski definition) is 1. The maximum Gasteiger partial charge on any atom is 0.249 e. The van der Waals surface area contributed by atoms with E-state index in [1.807, 2.05) is 26.0 Å². The van der Waals surface area contributed by atoms with Crippen molar-refractivity contribution in [1.82, 2.24) is 0 Å². The molecule has 1 aromatic carbocycles. The summed E-state index contributed by atoms with van der Waals surface area (Å²) in [5, 5.41) is 3.92. The van der Waals surface area contributed by atoms with Gasteiger partial charge in [-0.1, -0.05) is 25.4 Å². The molecular weight excluding hydrogens is 224 g/mol. The van der Waals surface area contributed by atoms with Gasteiger partial charge in [-0.15, -0.1) is 0 Å². The van der Waals surface area contributed by atoms with Gasteiger partial charge in [0, 0.05) is 12.1 Å². The number of hydrogen-bond acceptors (Lipinski definition) is 2. The quantitative estimate of drug-likeness (QED) is 0.816. The highest BCUT2D eigenvalue weighted by molar-refractivity contribution is 6.31. The van der Waals surface area contributed by atoms with Crippen LogP contribution in [0.1, 0.15) is 13.8 Å². The van der Waals surface area contributed by atoms with Crippen molar-refractivity contribution in [2.75, 3.05) is 17.3 Å². The number of nitrogens with one attached hydrogen (secondary N) is 1. The Kier molecular flexibility index (Phi) is 2.80. The summed E-state index contributed by atoms with van der Waals surface area (Å²) >= 11 is 5.94. The monoisotopic (exact) mass is 238 g/mol. The van der Waals surface area contributed by atoms with Gasteiger partial charge >= 0.3 is 0 Å². The van der Waals surface area contributed by atoms with E-state index in [1.165, 1.54) is 0 Å². The third-order valence-corrected chi connectivity index (χ3v) is 3.13. The van der Waals surface area contributed by atoms with E-state index in [2.05, 4.69) is 5.32 Å². The first-order valence-electron chi connectivity index (χ1n) is 5.34. The summed E-state index contributed by atoms with van der Waals surface area (Å²) in [5.74, 6) is 0.354. The number of carbonyl (C=O) groups is 1. The van der Waals surface area contributed by atoms with Gasteiger partial charge in [-0.3, -0.25) is 4.79 Å². The highest BCUT2D eigenvalue weighted by Gasteiger charge is 2.31. The SMILES string of the molecule is CC(C)C1Nc2cc(Cl)ccc2N(C)C1=O. The number of fused-ring (bicyclic) bond motifs is 1. The van der Waals surface area contributed by atoms with Gasteiger partial charge in [0.25, 0.3) is 0 Å². The Morgan fingerprint density at radius 3 is 2.75 bits per heavy atom. The van der Waals surface area contributed by atoms with Crippen molar-refractivity contribution in [3.8, 4) is 0 Å². The van der Waals surface area contributed by atoms with Gasteiger partial charge in [0.05, 0.1) is 11.4 Å². The van der Waals surface area contributed by atoms with Crippen LogP contribution < -0.4 is 10.2 Å². The lowest BCUT2D eigenvalue weighted by Crippen LogP contribution is -2.47. The smallest absolute Gasteiger partial charge is 0.249 e. The van der Waals surface area contributed by atoms with Crippen LogP contribution >= 0.6 is 11.6 Å². The minimum Gasteiger partial charge on any atom is -0.372 e. The number of benzene rings is 1. The summed E-state index contributed by atoms with van der Waals surface area (Å²) in [4.78, 5) is 13.7.